The van der Waals surface area contributed by atoms with Crippen LogP contribution in [0.4, 0.5) is 0 Å². The molecule has 0 aliphatic heterocycles. The molecule has 0 N–H and O–H groups in total. The Hall–Kier alpha value is -3.52. The van der Waals surface area contributed by atoms with E-state index >= 15 is 0 Å². The highest BCUT2D eigenvalue weighted by atomic mass is 14.8. The summed E-state index contributed by atoms with van der Waals surface area (Å²) in [5.74, 6) is 0. The average Bonchev–Trinajstić information content (AvgIpc) is 2.70. The molecule has 0 aliphatic rings. The minimum Gasteiger partial charge on any atom is -0.253 e. The van der Waals surface area contributed by atoms with Crippen LogP contribution in [0.3, 0.4) is 0 Å². The van der Waals surface area contributed by atoms with Gasteiger partial charge in [-0.3, -0.25) is 9.97 Å². The number of aromatic nitrogens is 2. The predicted molar refractivity (Wildman–Crippen MR) is 123 cm³/mol. The lowest BCUT2D eigenvalue weighted by molar-refractivity contribution is 1.24. The summed E-state index contributed by atoms with van der Waals surface area (Å²) in [6.07, 6.45) is 2.04. The first-order valence-corrected chi connectivity index (χ1v) is 10.0. The van der Waals surface area contributed by atoms with Crippen molar-refractivity contribution in [3.8, 4) is 11.3 Å². The maximum absolute atomic E-state index is 4.99. The monoisotopic (exact) mass is 372 g/mol. The van der Waals surface area contributed by atoms with E-state index in [-0.39, 0.29) is 0 Å². The van der Waals surface area contributed by atoms with E-state index in [1.807, 2.05) is 6.20 Å². The van der Waals surface area contributed by atoms with Gasteiger partial charge in [-0.05, 0) is 65.9 Å². The standard InChI is InChI=1S/C27H20N2/c1-15-10-16(2)12-19(11-15)26-27-25-22(13-17(3)29-27)20-8-4-6-18-7-5-9-21(24(18)20)23(25)14-28-26/h4-14H,1-3H3. The molecule has 2 nitrogen and oxygen atoms in total. The number of fused-ring (bicyclic) bond motifs is 2. The summed E-state index contributed by atoms with van der Waals surface area (Å²) >= 11 is 0. The van der Waals surface area contributed by atoms with Crippen LogP contribution in [0, 0.1) is 20.8 Å². The Morgan fingerprint density at radius 1 is 0.655 bits per heavy atom. The molecule has 0 atom stereocenters. The second-order valence-electron chi connectivity index (χ2n) is 8.14. The fourth-order valence-electron chi connectivity index (χ4n) is 4.90. The number of nitrogens with zero attached hydrogens (tertiary/aromatic N) is 2. The molecular formula is C27H20N2. The molecule has 2 heteroatoms. The SMILES string of the molecule is Cc1cc(C)cc(-c2ncc3c4cccc5cccc(c6cc(C)nc2c36)c54)c1. The van der Waals surface area contributed by atoms with Crippen molar-refractivity contribution < 1.29 is 0 Å². The zero-order chi connectivity index (χ0) is 19.7. The summed E-state index contributed by atoms with van der Waals surface area (Å²) in [6, 6.07) is 22.0. The molecule has 4 aromatic carbocycles. The Morgan fingerprint density at radius 3 is 2.07 bits per heavy atom. The van der Waals surface area contributed by atoms with E-state index < -0.39 is 0 Å². The summed E-state index contributed by atoms with van der Waals surface area (Å²) < 4.78 is 0. The van der Waals surface area contributed by atoms with Gasteiger partial charge in [0.2, 0.25) is 0 Å². The first-order valence-electron chi connectivity index (χ1n) is 10.0. The lowest BCUT2D eigenvalue weighted by Crippen LogP contribution is -1.96. The van der Waals surface area contributed by atoms with Crippen LogP contribution < -0.4 is 0 Å². The quantitative estimate of drug-likeness (QED) is 0.227. The topological polar surface area (TPSA) is 25.8 Å². The van der Waals surface area contributed by atoms with Crippen molar-refractivity contribution in [2.75, 3.05) is 0 Å². The van der Waals surface area contributed by atoms with E-state index in [1.165, 1.54) is 48.8 Å². The molecule has 29 heavy (non-hydrogen) atoms. The normalized spacial score (nSPS) is 12.0. The molecule has 138 valence electrons. The van der Waals surface area contributed by atoms with Gasteiger partial charge in [0.25, 0.3) is 0 Å². The molecule has 6 aromatic rings. The maximum atomic E-state index is 4.99. The maximum Gasteiger partial charge on any atom is 0.0980 e. The number of hydrogen-bond acceptors (Lipinski definition) is 2. The minimum absolute atomic E-state index is 0.965. The Morgan fingerprint density at radius 2 is 1.34 bits per heavy atom. The molecule has 2 heterocycles. The smallest absolute Gasteiger partial charge is 0.0980 e. The second-order valence-corrected chi connectivity index (χ2v) is 8.14. The molecular weight excluding hydrogens is 352 g/mol. The Bertz CT molecular complexity index is 1550. The summed E-state index contributed by atoms with van der Waals surface area (Å²) in [5.41, 5.74) is 6.60. The Labute approximate surface area is 169 Å². The molecule has 6 rings (SSSR count). The highest BCUT2D eigenvalue weighted by Gasteiger charge is 2.17. The minimum atomic E-state index is 0.965. The van der Waals surface area contributed by atoms with Gasteiger partial charge in [0, 0.05) is 28.2 Å². The van der Waals surface area contributed by atoms with Gasteiger partial charge in [0.15, 0.2) is 0 Å². The average molecular weight is 372 g/mol. The van der Waals surface area contributed by atoms with Crippen LogP contribution in [-0.2, 0) is 0 Å². The second kappa shape index (κ2) is 5.74. The first kappa shape index (κ1) is 16.4. The third-order valence-electron chi connectivity index (χ3n) is 5.94. The fourth-order valence-corrected chi connectivity index (χ4v) is 4.90. The third-order valence-corrected chi connectivity index (χ3v) is 5.94. The molecule has 0 aliphatic carbocycles. The lowest BCUT2D eigenvalue weighted by atomic mass is 9.91. The highest BCUT2D eigenvalue weighted by molar-refractivity contribution is 6.33. The van der Waals surface area contributed by atoms with E-state index in [9.17, 15) is 0 Å². The predicted octanol–water partition coefficient (Wildman–Crippen LogP) is 7.12. The molecule has 2 aromatic heterocycles. The summed E-state index contributed by atoms with van der Waals surface area (Å²) in [7, 11) is 0. The van der Waals surface area contributed by atoms with Crippen LogP contribution in [-0.4, -0.2) is 9.97 Å². The highest BCUT2D eigenvalue weighted by Crippen LogP contribution is 2.41. The van der Waals surface area contributed by atoms with Crippen molar-refractivity contribution in [3.63, 3.8) is 0 Å². The van der Waals surface area contributed by atoms with Crippen LogP contribution in [0.5, 0.6) is 0 Å². The van der Waals surface area contributed by atoms with Gasteiger partial charge in [-0.1, -0.05) is 53.6 Å². The van der Waals surface area contributed by atoms with Crippen LogP contribution in [0.25, 0.3) is 54.5 Å². The van der Waals surface area contributed by atoms with Crippen molar-refractivity contribution >= 4 is 43.2 Å². The number of benzene rings is 4. The Kier molecular flexibility index (Phi) is 3.25. The van der Waals surface area contributed by atoms with Gasteiger partial charge in [-0.15, -0.1) is 0 Å². The molecule has 0 saturated heterocycles. The van der Waals surface area contributed by atoms with Gasteiger partial charge < -0.3 is 0 Å². The van der Waals surface area contributed by atoms with Crippen LogP contribution in [0.1, 0.15) is 16.8 Å². The molecule has 0 radical (unpaired) electrons. The first-order chi connectivity index (χ1) is 14.1. The van der Waals surface area contributed by atoms with E-state index in [1.54, 1.807) is 0 Å². The van der Waals surface area contributed by atoms with Gasteiger partial charge >= 0.3 is 0 Å². The number of hydrogen-bond donors (Lipinski definition) is 0. The Balaban J connectivity index is 1.88. The number of rotatable bonds is 1. The van der Waals surface area contributed by atoms with E-state index in [0.717, 1.165) is 22.5 Å². The zero-order valence-electron chi connectivity index (χ0n) is 16.7. The molecule has 0 amide bonds. The van der Waals surface area contributed by atoms with Crippen molar-refractivity contribution in [3.05, 3.63) is 83.7 Å². The molecule has 0 fully saturated rings. The van der Waals surface area contributed by atoms with Gasteiger partial charge in [0.1, 0.15) is 0 Å². The number of aryl methyl sites for hydroxylation is 3. The van der Waals surface area contributed by atoms with E-state index in [2.05, 4.69) is 81.4 Å². The van der Waals surface area contributed by atoms with Crippen LogP contribution in [0.2, 0.25) is 0 Å². The van der Waals surface area contributed by atoms with Crippen molar-refractivity contribution in [2.45, 2.75) is 20.8 Å². The van der Waals surface area contributed by atoms with E-state index in [4.69, 9.17) is 9.97 Å². The third kappa shape index (κ3) is 2.29. The summed E-state index contributed by atoms with van der Waals surface area (Å²) in [5, 5.41) is 8.78. The summed E-state index contributed by atoms with van der Waals surface area (Å²) in [6.45, 7) is 6.35. The largest absolute Gasteiger partial charge is 0.253 e. The van der Waals surface area contributed by atoms with Crippen molar-refractivity contribution in [2.24, 2.45) is 0 Å². The molecule has 0 saturated carbocycles. The van der Waals surface area contributed by atoms with Crippen LogP contribution in [0.15, 0.2) is 66.9 Å². The molecule has 0 bridgehead atoms. The molecule has 0 spiro atoms. The van der Waals surface area contributed by atoms with Crippen molar-refractivity contribution in [1.29, 1.82) is 0 Å². The zero-order valence-corrected chi connectivity index (χ0v) is 16.7. The fraction of sp³-hybridized carbons (Fsp3) is 0.111. The lowest BCUT2D eigenvalue weighted by Gasteiger charge is -2.16. The van der Waals surface area contributed by atoms with E-state index in [0.29, 0.717) is 0 Å². The van der Waals surface area contributed by atoms with Gasteiger partial charge in [0.05, 0.1) is 11.2 Å². The number of pyridine rings is 2. The van der Waals surface area contributed by atoms with Crippen LogP contribution >= 0.6 is 0 Å². The summed E-state index contributed by atoms with van der Waals surface area (Å²) in [4.78, 5) is 9.93. The molecule has 0 unspecified atom stereocenters. The van der Waals surface area contributed by atoms with Crippen molar-refractivity contribution in [1.82, 2.24) is 9.97 Å². The van der Waals surface area contributed by atoms with Gasteiger partial charge in [-0.25, -0.2) is 0 Å². The van der Waals surface area contributed by atoms with Gasteiger partial charge in [-0.2, -0.15) is 0 Å².